The maximum absolute atomic E-state index is 10.7. The van der Waals surface area contributed by atoms with E-state index in [9.17, 15) is 4.79 Å². The number of hydrogen-bond acceptors (Lipinski definition) is 3. The number of fused-ring (bicyclic) bond motifs is 1. The third kappa shape index (κ3) is 4.10. The van der Waals surface area contributed by atoms with Crippen molar-refractivity contribution < 1.29 is 14.0 Å². The van der Waals surface area contributed by atoms with E-state index in [1.165, 1.54) is 16.7 Å². The van der Waals surface area contributed by atoms with Crippen molar-refractivity contribution in [3.63, 3.8) is 0 Å². The Balaban J connectivity index is 2.36. The van der Waals surface area contributed by atoms with Crippen LogP contribution in [0.3, 0.4) is 0 Å². The van der Waals surface area contributed by atoms with Gasteiger partial charge >= 0.3 is 0 Å². The molecule has 0 amide bonds. The van der Waals surface area contributed by atoms with Crippen molar-refractivity contribution in [1.29, 1.82) is 0 Å². The number of carbonyl (C=O) groups is 1. The van der Waals surface area contributed by atoms with E-state index in [4.69, 9.17) is 9.16 Å². The third-order valence-electron chi connectivity index (χ3n) is 6.10. The lowest BCUT2D eigenvalue weighted by Crippen LogP contribution is -2.44. The van der Waals surface area contributed by atoms with Crippen LogP contribution < -0.4 is 9.16 Å². The first-order chi connectivity index (χ1) is 11.4. The molecular weight excluding hydrogens is 328 g/mol. The van der Waals surface area contributed by atoms with Crippen molar-refractivity contribution in [3.05, 3.63) is 22.8 Å². The van der Waals surface area contributed by atoms with E-state index in [2.05, 4.69) is 60.7 Å². The Kier molecular flexibility index (Phi) is 5.44. The molecule has 0 fully saturated rings. The molecule has 0 bridgehead atoms. The monoisotopic (exact) mass is 362 g/mol. The zero-order valence-corrected chi connectivity index (χ0v) is 18.2. The van der Waals surface area contributed by atoms with Gasteiger partial charge in [-0.25, -0.2) is 0 Å². The molecule has 0 saturated carbocycles. The second kappa shape index (κ2) is 6.79. The number of hydrogen-bond donors (Lipinski definition) is 0. The smallest absolute Gasteiger partial charge is 0.250 e. The lowest BCUT2D eigenvalue weighted by molar-refractivity contribution is -0.108. The van der Waals surface area contributed by atoms with Gasteiger partial charge in [-0.15, -0.1) is 0 Å². The van der Waals surface area contributed by atoms with Crippen LogP contribution in [0, 0.1) is 13.8 Å². The molecule has 1 aliphatic rings. The SMILES string of the molecule is Cc1c(O[Si](C)(C)C(C)(C)C)cc2c(c1C)O[C@](C)(CCC=O)CC2. The summed E-state index contributed by atoms with van der Waals surface area (Å²) < 4.78 is 13.0. The quantitative estimate of drug-likeness (QED) is 0.494. The van der Waals surface area contributed by atoms with E-state index in [0.29, 0.717) is 6.42 Å². The Morgan fingerprint density at radius 2 is 1.92 bits per heavy atom. The summed E-state index contributed by atoms with van der Waals surface area (Å²) in [5.74, 6) is 2.02. The summed E-state index contributed by atoms with van der Waals surface area (Å²) in [5, 5.41) is 0.174. The summed E-state index contributed by atoms with van der Waals surface area (Å²) in [6.07, 6.45) is 4.22. The predicted octanol–water partition coefficient (Wildman–Crippen LogP) is 5.75. The van der Waals surface area contributed by atoms with Crippen LogP contribution >= 0.6 is 0 Å². The van der Waals surface area contributed by atoms with E-state index >= 15 is 0 Å². The second-order valence-electron chi connectivity index (χ2n) is 9.23. The van der Waals surface area contributed by atoms with Gasteiger partial charge in [0.05, 0.1) is 0 Å². The molecule has 1 aromatic rings. The molecule has 0 radical (unpaired) electrons. The Bertz CT molecular complexity index is 658. The molecule has 0 aliphatic carbocycles. The van der Waals surface area contributed by atoms with E-state index in [-0.39, 0.29) is 10.6 Å². The molecule has 0 unspecified atom stereocenters. The first-order valence-corrected chi connectivity index (χ1v) is 12.3. The van der Waals surface area contributed by atoms with Crippen molar-refractivity contribution in [3.8, 4) is 11.5 Å². The highest BCUT2D eigenvalue weighted by molar-refractivity contribution is 6.74. The topological polar surface area (TPSA) is 35.5 Å². The second-order valence-corrected chi connectivity index (χ2v) is 14.0. The van der Waals surface area contributed by atoms with Crippen LogP contribution in [0.25, 0.3) is 0 Å². The maximum atomic E-state index is 10.7. The van der Waals surface area contributed by atoms with E-state index in [1.54, 1.807) is 0 Å². The summed E-state index contributed by atoms with van der Waals surface area (Å²) in [4.78, 5) is 10.7. The Morgan fingerprint density at radius 1 is 1.28 bits per heavy atom. The molecule has 1 atom stereocenters. The standard InChI is InChI=1S/C21H34O3Si/c1-15-16(2)19-17(10-12-21(6,23-19)11-9-13-22)14-18(15)24-25(7,8)20(3,4)5/h13-14H,9-12H2,1-8H3/t21-/m1/s1. The van der Waals surface area contributed by atoms with Gasteiger partial charge in [-0.2, -0.15) is 0 Å². The third-order valence-corrected chi connectivity index (χ3v) is 10.4. The van der Waals surface area contributed by atoms with E-state index < -0.39 is 8.32 Å². The largest absolute Gasteiger partial charge is 0.543 e. The van der Waals surface area contributed by atoms with Gasteiger partial charge in [0.25, 0.3) is 0 Å². The molecule has 0 spiro atoms. The van der Waals surface area contributed by atoms with Crippen molar-refractivity contribution >= 4 is 14.6 Å². The van der Waals surface area contributed by atoms with Crippen LogP contribution in [-0.4, -0.2) is 20.2 Å². The van der Waals surface area contributed by atoms with Crippen molar-refractivity contribution in [2.45, 2.75) is 91.0 Å². The van der Waals surface area contributed by atoms with Gasteiger partial charge < -0.3 is 14.0 Å². The number of aldehydes is 1. The number of carbonyl (C=O) groups excluding carboxylic acids is 1. The van der Waals surface area contributed by atoms with Crippen LogP contribution in [0.5, 0.6) is 11.5 Å². The number of rotatable bonds is 5. The van der Waals surface area contributed by atoms with Crippen LogP contribution in [0.15, 0.2) is 6.07 Å². The van der Waals surface area contributed by atoms with Crippen LogP contribution in [0.4, 0.5) is 0 Å². The number of aryl methyl sites for hydroxylation is 1. The average molecular weight is 363 g/mol. The van der Waals surface area contributed by atoms with Crippen LogP contribution in [-0.2, 0) is 11.2 Å². The summed E-state index contributed by atoms with van der Waals surface area (Å²) in [6.45, 7) is 17.7. The van der Waals surface area contributed by atoms with Crippen LogP contribution in [0.2, 0.25) is 18.1 Å². The Labute approximate surface area is 154 Å². The fourth-order valence-electron chi connectivity index (χ4n) is 3.03. The lowest BCUT2D eigenvalue weighted by atomic mass is 9.87. The highest BCUT2D eigenvalue weighted by Crippen LogP contribution is 2.44. The molecular formula is C21H34O3Si. The van der Waals surface area contributed by atoms with Gasteiger partial charge in [-0.1, -0.05) is 20.8 Å². The summed E-state index contributed by atoms with van der Waals surface area (Å²) in [7, 11) is -1.87. The molecule has 1 heterocycles. The van der Waals surface area contributed by atoms with Crippen LogP contribution in [0.1, 0.15) is 63.6 Å². The minimum absolute atomic E-state index is 0.174. The number of ether oxygens (including phenoxy) is 1. The summed E-state index contributed by atoms with van der Waals surface area (Å²) >= 11 is 0. The molecule has 0 saturated heterocycles. The molecule has 1 aliphatic heterocycles. The fourth-order valence-corrected chi connectivity index (χ4v) is 4.09. The zero-order chi connectivity index (χ0) is 19.0. The van der Waals surface area contributed by atoms with Gasteiger partial charge in [-0.3, -0.25) is 0 Å². The molecule has 25 heavy (non-hydrogen) atoms. The molecule has 0 aromatic heterocycles. The first kappa shape index (κ1) is 20.0. The molecule has 3 nitrogen and oxygen atoms in total. The fraction of sp³-hybridized carbons (Fsp3) is 0.667. The normalized spacial score (nSPS) is 20.6. The van der Waals surface area contributed by atoms with Gasteiger partial charge in [0.1, 0.15) is 23.4 Å². The zero-order valence-electron chi connectivity index (χ0n) is 17.2. The minimum atomic E-state index is -1.87. The summed E-state index contributed by atoms with van der Waals surface area (Å²) in [5.41, 5.74) is 3.33. The Hall–Kier alpha value is -1.29. The molecule has 0 N–H and O–H groups in total. The van der Waals surface area contributed by atoms with Gasteiger partial charge in [-0.05, 0) is 80.9 Å². The predicted molar refractivity (Wildman–Crippen MR) is 106 cm³/mol. The Morgan fingerprint density at radius 3 is 2.48 bits per heavy atom. The van der Waals surface area contributed by atoms with Gasteiger partial charge in [0.2, 0.25) is 8.32 Å². The molecule has 1 aromatic carbocycles. The highest BCUT2D eigenvalue weighted by atomic mass is 28.4. The maximum Gasteiger partial charge on any atom is 0.250 e. The molecule has 4 heteroatoms. The summed E-state index contributed by atoms with van der Waals surface area (Å²) in [6, 6.07) is 2.19. The van der Waals surface area contributed by atoms with E-state index in [1.807, 2.05) is 0 Å². The number of benzene rings is 1. The highest BCUT2D eigenvalue weighted by Gasteiger charge is 2.40. The molecule has 2 rings (SSSR count). The van der Waals surface area contributed by atoms with Crippen molar-refractivity contribution in [2.24, 2.45) is 0 Å². The molecule has 140 valence electrons. The lowest BCUT2D eigenvalue weighted by Gasteiger charge is -2.39. The van der Waals surface area contributed by atoms with Gasteiger partial charge in [0.15, 0.2) is 0 Å². The van der Waals surface area contributed by atoms with Gasteiger partial charge in [0, 0.05) is 6.42 Å². The van der Waals surface area contributed by atoms with Crippen molar-refractivity contribution in [2.75, 3.05) is 0 Å². The van der Waals surface area contributed by atoms with Crippen molar-refractivity contribution in [1.82, 2.24) is 0 Å². The van der Waals surface area contributed by atoms with E-state index in [0.717, 1.165) is 37.0 Å². The first-order valence-electron chi connectivity index (χ1n) is 9.35. The average Bonchev–Trinajstić information content (AvgIpc) is 2.50. The minimum Gasteiger partial charge on any atom is -0.543 e.